The van der Waals surface area contributed by atoms with E-state index in [1.807, 2.05) is 24.3 Å². The van der Waals surface area contributed by atoms with Crippen LogP contribution in [0.5, 0.6) is 0 Å². The Kier molecular flexibility index (Phi) is 4.39. The Hall–Kier alpha value is -1.07. The van der Waals surface area contributed by atoms with Crippen molar-refractivity contribution in [3.8, 4) is 0 Å². The molecule has 0 aliphatic carbocycles. The van der Waals surface area contributed by atoms with E-state index < -0.39 is 0 Å². The second kappa shape index (κ2) is 6.02. The Balaban J connectivity index is 1.79. The van der Waals surface area contributed by atoms with Gasteiger partial charge >= 0.3 is 6.03 Å². The predicted molar refractivity (Wildman–Crippen MR) is 72.2 cm³/mol. The van der Waals surface area contributed by atoms with Gasteiger partial charge in [0.05, 0.1) is 5.69 Å². The number of benzene rings is 1. The molecule has 1 aromatic rings. The van der Waals surface area contributed by atoms with Crippen LogP contribution >= 0.6 is 15.9 Å². The van der Waals surface area contributed by atoms with Crippen molar-refractivity contribution < 1.29 is 4.79 Å². The fourth-order valence-electron chi connectivity index (χ4n) is 1.88. The molecule has 1 atom stereocenters. The van der Waals surface area contributed by atoms with Crippen LogP contribution in [0.15, 0.2) is 28.7 Å². The van der Waals surface area contributed by atoms with Crippen LogP contribution in [0.25, 0.3) is 0 Å². The minimum atomic E-state index is -0.161. The van der Waals surface area contributed by atoms with Crippen LogP contribution in [0.4, 0.5) is 10.5 Å². The summed E-state index contributed by atoms with van der Waals surface area (Å²) < 4.78 is 0.883. The maximum Gasteiger partial charge on any atom is 0.319 e. The molecule has 3 N–H and O–H groups in total. The molecule has 2 rings (SSSR count). The Bertz CT molecular complexity index is 391. The largest absolute Gasteiger partial charge is 0.336 e. The fraction of sp³-hybridized carbons (Fsp3) is 0.417. The number of amides is 2. The Morgan fingerprint density at radius 1 is 1.47 bits per heavy atom. The quantitative estimate of drug-likeness (QED) is 0.802. The van der Waals surface area contributed by atoms with Crippen LogP contribution in [-0.4, -0.2) is 25.2 Å². The number of anilines is 1. The van der Waals surface area contributed by atoms with Crippen molar-refractivity contribution in [3.05, 3.63) is 28.7 Å². The molecule has 0 aromatic heterocycles. The lowest BCUT2D eigenvalue weighted by molar-refractivity contribution is 0.251. The molecule has 17 heavy (non-hydrogen) atoms. The van der Waals surface area contributed by atoms with Crippen molar-refractivity contribution in [1.29, 1.82) is 0 Å². The fourth-order valence-corrected chi connectivity index (χ4v) is 2.26. The minimum Gasteiger partial charge on any atom is -0.336 e. The van der Waals surface area contributed by atoms with Crippen LogP contribution in [0.2, 0.25) is 0 Å². The van der Waals surface area contributed by atoms with Crippen LogP contribution < -0.4 is 16.0 Å². The van der Waals surface area contributed by atoms with Gasteiger partial charge < -0.3 is 16.0 Å². The van der Waals surface area contributed by atoms with Gasteiger partial charge in [0.25, 0.3) is 0 Å². The summed E-state index contributed by atoms with van der Waals surface area (Å²) in [6.45, 7) is 1.73. The number of nitrogens with one attached hydrogen (secondary N) is 3. The number of urea groups is 1. The van der Waals surface area contributed by atoms with Crippen LogP contribution in [-0.2, 0) is 0 Å². The molecule has 1 saturated heterocycles. The predicted octanol–water partition coefficient (Wildman–Crippen LogP) is 2.32. The summed E-state index contributed by atoms with van der Waals surface area (Å²) in [5, 5.41) is 9.01. The molecule has 0 bridgehead atoms. The molecular formula is C12H16BrN3O. The van der Waals surface area contributed by atoms with Gasteiger partial charge in [-0.25, -0.2) is 4.79 Å². The molecule has 4 nitrogen and oxygen atoms in total. The lowest BCUT2D eigenvalue weighted by atomic mass is 10.2. The molecule has 2 amide bonds. The van der Waals surface area contributed by atoms with Gasteiger partial charge in [-0.1, -0.05) is 12.1 Å². The molecule has 0 spiro atoms. The lowest BCUT2D eigenvalue weighted by Gasteiger charge is -2.12. The number of carbonyl (C=O) groups excluding carboxylic acids is 1. The number of rotatable bonds is 3. The van der Waals surface area contributed by atoms with Crippen molar-refractivity contribution in [3.63, 3.8) is 0 Å². The van der Waals surface area contributed by atoms with Crippen LogP contribution in [0.1, 0.15) is 12.8 Å². The highest BCUT2D eigenvalue weighted by Gasteiger charge is 2.14. The first-order valence-corrected chi connectivity index (χ1v) is 6.58. The summed E-state index contributed by atoms with van der Waals surface area (Å²) in [4.78, 5) is 11.7. The van der Waals surface area contributed by atoms with Crippen molar-refractivity contribution in [1.82, 2.24) is 10.6 Å². The van der Waals surface area contributed by atoms with Gasteiger partial charge in [-0.3, -0.25) is 0 Å². The highest BCUT2D eigenvalue weighted by atomic mass is 79.9. The number of hydrogen-bond donors (Lipinski definition) is 3. The first kappa shape index (κ1) is 12.4. The average Bonchev–Trinajstić information content (AvgIpc) is 2.82. The summed E-state index contributed by atoms with van der Waals surface area (Å²) in [5.41, 5.74) is 0.782. The molecule has 92 valence electrons. The van der Waals surface area contributed by atoms with Crippen molar-refractivity contribution in [2.24, 2.45) is 0 Å². The van der Waals surface area contributed by atoms with E-state index in [0.29, 0.717) is 12.6 Å². The second-order valence-corrected chi connectivity index (χ2v) is 4.96. The highest BCUT2D eigenvalue weighted by Crippen LogP contribution is 2.20. The number of carbonyl (C=O) groups is 1. The first-order chi connectivity index (χ1) is 8.25. The van der Waals surface area contributed by atoms with Gasteiger partial charge in [-0.2, -0.15) is 0 Å². The zero-order valence-electron chi connectivity index (χ0n) is 9.50. The second-order valence-electron chi connectivity index (χ2n) is 4.11. The monoisotopic (exact) mass is 297 g/mol. The Morgan fingerprint density at radius 3 is 3.00 bits per heavy atom. The maximum absolute atomic E-state index is 11.7. The average molecular weight is 298 g/mol. The van der Waals surface area contributed by atoms with E-state index in [-0.39, 0.29) is 6.03 Å². The zero-order valence-corrected chi connectivity index (χ0v) is 11.1. The van der Waals surface area contributed by atoms with E-state index in [9.17, 15) is 4.79 Å². The topological polar surface area (TPSA) is 53.2 Å². The van der Waals surface area contributed by atoms with E-state index in [4.69, 9.17) is 0 Å². The van der Waals surface area contributed by atoms with Crippen LogP contribution in [0, 0.1) is 0 Å². The SMILES string of the molecule is O=C(NCC1CCCN1)Nc1ccccc1Br. The number of hydrogen-bond acceptors (Lipinski definition) is 2. The summed E-state index contributed by atoms with van der Waals surface area (Å²) >= 11 is 3.39. The van der Waals surface area contributed by atoms with Crippen molar-refractivity contribution in [2.75, 3.05) is 18.4 Å². The highest BCUT2D eigenvalue weighted by molar-refractivity contribution is 9.10. The lowest BCUT2D eigenvalue weighted by Crippen LogP contribution is -2.39. The van der Waals surface area contributed by atoms with Gasteiger partial charge in [0.1, 0.15) is 0 Å². The summed E-state index contributed by atoms with van der Waals surface area (Å²) in [5.74, 6) is 0. The standard InChI is InChI=1S/C12H16BrN3O/c13-10-5-1-2-6-11(10)16-12(17)15-8-9-4-3-7-14-9/h1-2,5-6,9,14H,3-4,7-8H2,(H2,15,16,17). The molecule has 1 fully saturated rings. The maximum atomic E-state index is 11.7. The van der Waals surface area contributed by atoms with E-state index >= 15 is 0 Å². The molecule has 1 heterocycles. The molecule has 5 heteroatoms. The van der Waals surface area contributed by atoms with E-state index in [2.05, 4.69) is 31.9 Å². The molecule has 1 aliphatic rings. The third-order valence-corrected chi connectivity index (χ3v) is 3.48. The summed E-state index contributed by atoms with van der Waals surface area (Å²) in [6.07, 6.45) is 2.33. The number of para-hydroxylation sites is 1. The van der Waals surface area contributed by atoms with Gasteiger partial charge in [0, 0.05) is 17.1 Å². The van der Waals surface area contributed by atoms with Crippen molar-refractivity contribution in [2.45, 2.75) is 18.9 Å². The molecule has 0 saturated carbocycles. The molecule has 1 aromatic carbocycles. The van der Waals surface area contributed by atoms with E-state index in [1.165, 1.54) is 6.42 Å². The molecule has 1 aliphatic heterocycles. The molecule has 1 unspecified atom stereocenters. The Morgan fingerprint density at radius 2 is 2.29 bits per heavy atom. The Labute approximate surface area is 109 Å². The summed E-state index contributed by atoms with van der Waals surface area (Å²) in [7, 11) is 0. The summed E-state index contributed by atoms with van der Waals surface area (Å²) in [6, 6.07) is 7.81. The normalized spacial score (nSPS) is 19.0. The van der Waals surface area contributed by atoms with Gasteiger partial charge in [-0.05, 0) is 47.4 Å². The van der Waals surface area contributed by atoms with Gasteiger partial charge in [-0.15, -0.1) is 0 Å². The first-order valence-electron chi connectivity index (χ1n) is 5.78. The smallest absolute Gasteiger partial charge is 0.319 e. The van der Waals surface area contributed by atoms with Crippen molar-refractivity contribution >= 4 is 27.6 Å². The molecule has 0 radical (unpaired) electrons. The third-order valence-electron chi connectivity index (χ3n) is 2.79. The molecular weight excluding hydrogens is 282 g/mol. The van der Waals surface area contributed by atoms with Gasteiger partial charge in [0.15, 0.2) is 0 Å². The third kappa shape index (κ3) is 3.71. The minimum absolute atomic E-state index is 0.161. The van der Waals surface area contributed by atoms with E-state index in [1.54, 1.807) is 0 Å². The number of halogens is 1. The van der Waals surface area contributed by atoms with E-state index in [0.717, 1.165) is 23.1 Å². The van der Waals surface area contributed by atoms with Gasteiger partial charge in [0.2, 0.25) is 0 Å². The van der Waals surface area contributed by atoms with Crippen LogP contribution in [0.3, 0.4) is 0 Å². The zero-order chi connectivity index (χ0) is 12.1.